The second kappa shape index (κ2) is 13.2. The van der Waals surface area contributed by atoms with E-state index in [1.54, 1.807) is 35.1 Å². The van der Waals surface area contributed by atoms with Crippen LogP contribution < -0.4 is 5.32 Å². The van der Waals surface area contributed by atoms with Gasteiger partial charge in [0.05, 0.1) is 13.2 Å². The molecule has 1 N–H and O–H groups in total. The van der Waals surface area contributed by atoms with Crippen molar-refractivity contribution in [2.24, 2.45) is 0 Å². The molecular weight excluding hydrogens is 466 g/mol. The number of anilines is 1. The van der Waals surface area contributed by atoms with Crippen molar-refractivity contribution in [2.75, 3.05) is 38.4 Å². The SMILES string of the molecule is COCCN(CC(=O)N(Cc1ccccc1)Cc1ccc(C)s1)C(=O)Nc1ccc(SC)cc1. The van der Waals surface area contributed by atoms with Crippen LogP contribution in [0.3, 0.4) is 0 Å². The molecular formula is C26H31N3O3S2. The van der Waals surface area contributed by atoms with E-state index in [0.717, 1.165) is 15.3 Å². The number of thiophene rings is 1. The minimum Gasteiger partial charge on any atom is -0.383 e. The summed E-state index contributed by atoms with van der Waals surface area (Å²) in [6.45, 7) is 3.66. The van der Waals surface area contributed by atoms with Gasteiger partial charge in [-0.3, -0.25) is 4.79 Å². The number of carbonyl (C=O) groups excluding carboxylic acids is 2. The predicted octanol–water partition coefficient (Wildman–Crippen LogP) is 5.49. The summed E-state index contributed by atoms with van der Waals surface area (Å²) in [5.41, 5.74) is 1.73. The first-order valence-electron chi connectivity index (χ1n) is 11.0. The normalized spacial score (nSPS) is 10.7. The first-order valence-corrected chi connectivity index (χ1v) is 13.1. The maximum Gasteiger partial charge on any atom is 0.322 e. The van der Waals surface area contributed by atoms with Gasteiger partial charge in [-0.1, -0.05) is 30.3 Å². The van der Waals surface area contributed by atoms with Gasteiger partial charge >= 0.3 is 6.03 Å². The Morgan fingerprint density at radius 1 is 0.971 bits per heavy atom. The largest absolute Gasteiger partial charge is 0.383 e. The van der Waals surface area contributed by atoms with Gasteiger partial charge in [0.15, 0.2) is 0 Å². The number of hydrogen-bond donors (Lipinski definition) is 1. The third-order valence-electron chi connectivity index (χ3n) is 5.23. The molecule has 0 saturated heterocycles. The quantitative estimate of drug-likeness (QED) is 0.356. The summed E-state index contributed by atoms with van der Waals surface area (Å²) in [6, 6.07) is 21.3. The lowest BCUT2D eigenvalue weighted by Crippen LogP contribution is -2.45. The van der Waals surface area contributed by atoms with Crippen molar-refractivity contribution in [3.8, 4) is 0 Å². The van der Waals surface area contributed by atoms with Gasteiger partial charge < -0.3 is 19.9 Å². The van der Waals surface area contributed by atoms with E-state index in [2.05, 4.69) is 24.4 Å². The van der Waals surface area contributed by atoms with Crippen LogP contribution in [0.5, 0.6) is 0 Å². The Morgan fingerprint density at radius 2 is 1.71 bits per heavy atom. The molecule has 0 unspecified atom stereocenters. The number of nitrogens with zero attached hydrogens (tertiary/aromatic N) is 2. The molecule has 3 aromatic rings. The molecule has 34 heavy (non-hydrogen) atoms. The highest BCUT2D eigenvalue weighted by Gasteiger charge is 2.22. The van der Waals surface area contributed by atoms with Crippen LogP contribution in [0.25, 0.3) is 0 Å². The molecule has 8 heteroatoms. The van der Waals surface area contributed by atoms with Crippen LogP contribution >= 0.6 is 23.1 Å². The number of carbonyl (C=O) groups is 2. The molecule has 6 nitrogen and oxygen atoms in total. The molecule has 0 saturated carbocycles. The number of aryl methyl sites for hydroxylation is 1. The highest BCUT2D eigenvalue weighted by molar-refractivity contribution is 7.98. The van der Waals surface area contributed by atoms with Crippen LogP contribution in [0.4, 0.5) is 10.5 Å². The average molecular weight is 498 g/mol. The number of urea groups is 1. The fourth-order valence-electron chi connectivity index (χ4n) is 3.39. The maximum atomic E-state index is 13.4. The summed E-state index contributed by atoms with van der Waals surface area (Å²) in [6.07, 6.45) is 2.00. The molecule has 0 atom stereocenters. The molecule has 2 aromatic carbocycles. The number of nitrogens with one attached hydrogen (secondary N) is 1. The number of amides is 3. The Morgan fingerprint density at radius 3 is 2.32 bits per heavy atom. The van der Waals surface area contributed by atoms with Crippen LogP contribution in [0.2, 0.25) is 0 Å². The number of rotatable bonds is 11. The van der Waals surface area contributed by atoms with Gasteiger partial charge in [-0.15, -0.1) is 23.1 Å². The van der Waals surface area contributed by atoms with Gasteiger partial charge in [-0.05, 0) is 55.1 Å². The summed E-state index contributed by atoms with van der Waals surface area (Å²) in [4.78, 5) is 33.2. The van der Waals surface area contributed by atoms with Gasteiger partial charge in [0, 0.05) is 40.5 Å². The molecule has 0 aliphatic carbocycles. The summed E-state index contributed by atoms with van der Waals surface area (Å²) in [5.74, 6) is -0.112. The van der Waals surface area contributed by atoms with Crippen LogP contribution in [0.15, 0.2) is 71.6 Å². The third kappa shape index (κ3) is 7.90. The molecule has 180 valence electrons. The average Bonchev–Trinajstić information content (AvgIpc) is 3.26. The molecule has 0 aliphatic heterocycles. The van der Waals surface area contributed by atoms with Gasteiger partial charge in [-0.2, -0.15) is 0 Å². The van der Waals surface area contributed by atoms with E-state index in [4.69, 9.17) is 4.74 Å². The Bertz CT molecular complexity index is 1050. The van der Waals surface area contributed by atoms with E-state index in [9.17, 15) is 9.59 Å². The van der Waals surface area contributed by atoms with Gasteiger partial charge in [-0.25, -0.2) is 4.79 Å². The monoisotopic (exact) mass is 497 g/mol. The van der Waals surface area contributed by atoms with E-state index < -0.39 is 0 Å². The Kier molecular flexibility index (Phi) is 10.00. The molecule has 1 aromatic heterocycles. The van der Waals surface area contributed by atoms with Crippen LogP contribution in [0.1, 0.15) is 15.3 Å². The van der Waals surface area contributed by atoms with Gasteiger partial charge in [0.2, 0.25) is 5.91 Å². The minimum absolute atomic E-state index is 0.0325. The third-order valence-corrected chi connectivity index (χ3v) is 6.96. The van der Waals surface area contributed by atoms with Crippen molar-refractivity contribution in [3.63, 3.8) is 0 Å². The topological polar surface area (TPSA) is 61.9 Å². The number of hydrogen-bond acceptors (Lipinski definition) is 5. The van der Waals surface area contributed by atoms with E-state index in [1.807, 2.05) is 60.9 Å². The fourth-order valence-corrected chi connectivity index (χ4v) is 4.70. The molecule has 0 spiro atoms. The molecule has 0 fully saturated rings. The van der Waals surface area contributed by atoms with E-state index >= 15 is 0 Å². The van der Waals surface area contributed by atoms with E-state index in [1.165, 1.54) is 9.78 Å². The summed E-state index contributed by atoms with van der Waals surface area (Å²) in [5, 5.41) is 2.90. The van der Waals surface area contributed by atoms with E-state index in [-0.39, 0.29) is 18.5 Å². The van der Waals surface area contributed by atoms with Crippen molar-refractivity contribution in [3.05, 3.63) is 82.0 Å². The van der Waals surface area contributed by atoms with Gasteiger partial charge in [0.1, 0.15) is 6.54 Å². The minimum atomic E-state index is -0.325. The highest BCUT2D eigenvalue weighted by Crippen LogP contribution is 2.20. The van der Waals surface area contributed by atoms with E-state index in [0.29, 0.717) is 31.9 Å². The standard InChI is InChI=1S/C26H31N3O3S2/c1-20-9-12-24(34-20)18-29(17-21-7-5-4-6-8-21)25(30)19-28(15-16-32-2)26(31)27-22-10-13-23(33-3)14-11-22/h4-14H,15-19H2,1-3H3,(H,27,31). The number of methoxy groups -OCH3 is 1. The lowest BCUT2D eigenvalue weighted by molar-refractivity contribution is -0.133. The van der Waals surface area contributed by atoms with Crippen molar-refractivity contribution < 1.29 is 14.3 Å². The molecule has 0 aliphatic rings. The van der Waals surface area contributed by atoms with Crippen molar-refractivity contribution in [2.45, 2.75) is 24.9 Å². The van der Waals surface area contributed by atoms with Crippen molar-refractivity contribution in [1.29, 1.82) is 0 Å². The zero-order valence-corrected chi connectivity index (χ0v) is 21.5. The van der Waals surface area contributed by atoms with Crippen LogP contribution in [0, 0.1) is 6.92 Å². The second-order valence-electron chi connectivity index (χ2n) is 7.82. The molecule has 0 bridgehead atoms. The second-order valence-corrected chi connectivity index (χ2v) is 10.1. The Balaban J connectivity index is 1.73. The lowest BCUT2D eigenvalue weighted by Gasteiger charge is -2.27. The maximum absolute atomic E-state index is 13.4. The number of benzene rings is 2. The predicted molar refractivity (Wildman–Crippen MR) is 140 cm³/mol. The zero-order chi connectivity index (χ0) is 24.3. The summed E-state index contributed by atoms with van der Waals surface area (Å²) in [7, 11) is 1.58. The first-order chi connectivity index (χ1) is 16.5. The van der Waals surface area contributed by atoms with Crippen molar-refractivity contribution in [1.82, 2.24) is 9.80 Å². The molecule has 3 rings (SSSR count). The highest BCUT2D eigenvalue weighted by atomic mass is 32.2. The Hall–Kier alpha value is -2.81. The fraction of sp³-hybridized carbons (Fsp3) is 0.308. The van der Waals surface area contributed by atoms with Gasteiger partial charge in [0.25, 0.3) is 0 Å². The molecule has 0 radical (unpaired) electrons. The Labute approximate surface area is 209 Å². The molecule has 1 heterocycles. The number of thioether (sulfide) groups is 1. The van der Waals surface area contributed by atoms with Crippen LogP contribution in [-0.2, 0) is 22.6 Å². The lowest BCUT2D eigenvalue weighted by atomic mass is 10.2. The van der Waals surface area contributed by atoms with Crippen LogP contribution in [-0.4, -0.2) is 54.8 Å². The smallest absolute Gasteiger partial charge is 0.322 e. The van der Waals surface area contributed by atoms with Crippen molar-refractivity contribution >= 4 is 40.7 Å². The summed E-state index contributed by atoms with van der Waals surface area (Å²) >= 11 is 3.32. The number of ether oxygens (including phenoxy) is 1. The molecule has 3 amide bonds. The zero-order valence-electron chi connectivity index (χ0n) is 19.8. The first kappa shape index (κ1) is 25.8. The summed E-state index contributed by atoms with van der Waals surface area (Å²) < 4.78 is 5.19.